The molecule has 0 aliphatic rings. The molecule has 0 aliphatic heterocycles. The molecule has 1 heterocycles. The maximum atomic E-state index is 12.0. The molecule has 0 saturated heterocycles. The largest absolute Gasteiger partial charge is 0.465 e. The van der Waals surface area contributed by atoms with Gasteiger partial charge in [-0.3, -0.25) is 4.79 Å². The molecule has 0 atom stereocenters. The summed E-state index contributed by atoms with van der Waals surface area (Å²) in [4.78, 5) is 24.2. The van der Waals surface area contributed by atoms with Gasteiger partial charge in [0.1, 0.15) is 0 Å². The lowest BCUT2D eigenvalue weighted by Crippen LogP contribution is -2.14. The van der Waals surface area contributed by atoms with Gasteiger partial charge in [-0.05, 0) is 29.6 Å². The zero-order valence-corrected chi connectivity index (χ0v) is 12.4. The lowest BCUT2D eigenvalue weighted by Gasteiger charge is -2.09. The number of ether oxygens (including phenoxy) is 1. The topological polar surface area (TPSA) is 55.4 Å². The van der Waals surface area contributed by atoms with E-state index >= 15 is 0 Å². The summed E-state index contributed by atoms with van der Waals surface area (Å²) >= 11 is 4.62. The first-order valence-corrected chi connectivity index (χ1v) is 7.02. The Labute approximate surface area is 122 Å². The summed E-state index contributed by atoms with van der Waals surface area (Å²) < 4.78 is 5.43. The van der Waals surface area contributed by atoms with E-state index in [1.165, 1.54) is 18.4 Å². The van der Waals surface area contributed by atoms with Crippen molar-refractivity contribution in [3.8, 4) is 0 Å². The van der Waals surface area contributed by atoms with Gasteiger partial charge in [0.25, 0.3) is 5.91 Å². The fourth-order valence-corrected chi connectivity index (χ4v) is 2.48. The Morgan fingerprint density at radius 2 is 2.11 bits per heavy atom. The van der Waals surface area contributed by atoms with Crippen LogP contribution in [0.1, 0.15) is 20.0 Å². The van der Waals surface area contributed by atoms with E-state index in [4.69, 9.17) is 4.74 Å². The maximum absolute atomic E-state index is 12.0. The molecule has 1 amide bonds. The van der Waals surface area contributed by atoms with Gasteiger partial charge in [-0.2, -0.15) is 0 Å². The minimum absolute atomic E-state index is 0.248. The van der Waals surface area contributed by atoms with Gasteiger partial charge in [0.15, 0.2) is 0 Å². The number of amides is 1. The third-order valence-electron chi connectivity index (χ3n) is 2.38. The van der Waals surface area contributed by atoms with Gasteiger partial charge in [-0.1, -0.05) is 22.0 Å². The average molecular weight is 340 g/mol. The van der Waals surface area contributed by atoms with Crippen molar-refractivity contribution in [2.45, 2.75) is 0 Å². The van der Waals surface area contributed by atoms with Crippen LogP contribution in [0, 0.1) is 0 Å². The molecule has 0 fully saturated rings. The monoisotopic (exact) mass is 339 g/mol. The molecule has 0 spiro atoms. The number of rotatable bonds is 3. The predicted molar refractivity (Wildman–Crippen MR) is 77.8 cm³/mol. The van der Waals surface area contributed by atoms with E-state index < -0.39 is 5.97 Å². The van der Waals surface area contributed by atoms with E-state index in [1.807, 2.05) is 5.38 Å². The van der Waals surface area contributed by atoms with Crippen LogP contribution >= 0.6 is 27.3 Å². The van der Waals surface area contributed by atoms with Crippen molar-refractivity contribution in [2.24, 2.45) is 0 Å². The molecular formula is C13H10BrNO3S. The highest BCUT2D eigenvalue weighted by atomic mass is 79.9. The van der Waals surface area contributed by atoms with Crippen LogP contribution in [-0.4, -0.2) is 19.0 Å². The average Bonchev–Trinajstić information content (AvgIpc) is 2.94. The van der Waals surface area contributed by atoms with Gasteiger partial charge in [0.05, 0.1) is 23.2 Å². The van der Waals surface area contributed by atoms with Crippen molar-refractivity contribution in [3.05, 3.63) is 50.6 Å². The van der Waals surface area contributed by atoms with Gasteiger partial charge in [0, 0.05) is 4.47 Å². The lowest BCUT2D eigenvalue weighted by molar-refractivity contribution is 0.0602. The summed E-state index contributed by atoms with van der Waals surface area (Å²) in [7, 11) is 1.30. The smallest absolute Gasteiger partial charge is 0.340 e. The van der Waals surface area contributed by atoms with Crippen LogP contribution in [-0.2, 0) is 4.74 Å². The van der Waals surface area contributed by atoms with Crippen LogP contribution in [0.25, 0.3) is 0 Å². The number of hydrogen-bond acceptors (Lipinski definition) is 4. The quantitative estimate of drug-likeness (QED) is 0.870. The Morgan fingerprint density at radius 3 is 2.74 bits per heavy atom. The first-order chi connectivity index (χ1) is 9.11. The van der Waals surface area contributed by atoms with Crippen molar-refractivity contribution < 1.29 is 14.3 Å². The molecule has 1 N–H and O–H groups in total. The summed E-state index contributed by atoms with van der Waals surface area (Å²) in [6.07, 6.45) is 0. The Balaban J connectivity index is 2.29. The molecule has 2 aromatic rings. The SMILES string of the molecule is COC(=O)c1cc(Br)ccc1NC(=O)c1cccs1. The molecule has 0 saturated carbocycles. The number of anilines is 1. The van der Waals surface area contributed by atoms with Gasteiger partial charge < -0.3 is 10.1 Å². The summed E-state index contributed by atoms with van der Waals surface area (Å²) in [5.74, 6) is -0.745. The molecule has 19 heavy (non-hydrogen) atoms. The van der Waals surface area contributed by atoms with Gasteiger partial charge >= 0.3 is 5.97 Å². The summed E-state index contributed by atoms with van der Waals surface area (Å²) in [6.45, 7) is 0. The standard InChI is InChI=1S/C13H10BrNO3S/c1-18-13(17)9-7-8(14)4-5-10(9)15-12(16)11-3-2-6-19-11/h2-7H,1H3,(H,15,16). The highest BCUT2D eigenvalue weighted by molar-refractivity contribution is 9.10. The minimum atomic E-state index is -0.497. The molecule has 0 radical (unpaired) electrons. The van der Waals surface area contributed by atoms with E-state index in [1.54, 1.807) is 30.3 Å². The van der Waals surface area contributed by atoms with Crippen LogP contribution in [0.5, 0.6) is 0 Å². The maximum Gasteiger partial charge on any atom is 0.340 e. The second-order valence-corrected chi connectivity index (χ2v) is 5.48. The summed E-state index contributed by atoms with van der Waals surface area (Å²) in [6, 6.07) is 8.52. The van der Waals surface area contributed by atoms with Crippen molar-refractivity contribution in [1.82, 2.24) is 0 Å². The number of methoxy groups -OCH3 is 1. The third-order valence-corrected chi connectivity index (χ3v) is 3.74. The highest BCUT2D eigenvalue weighted by Gasteiger charge is 2.15. The van der Waals surface area contributed by atoms with Crippen molar-refractivity contribution in [1.29, 1.82) is 0 Å². The Kier molecular flexibility index (Phi) is 4.34. The number of esters is 1. The Bertz CT molecular complexity index is 610. The van der Waals surface area contributed by atoms with Crippen LogP contribution in [0.3, 0.4) is 0 Å². The van der Waals surface area contributed by atoms with Crippen molar-refractivity contribution in [3.63, 3.8) is 0 Å². The number of thiophene rings is 1. The number of carbonyl (C=O) groups is 2. The summed E-state index contributed by atoms with van der Waals surface area (Å²) in [5, 5.41) is 4.52. The van der Waals surface area contributed by atoms with Crippen LogP contribution in [0.15, 0.2) is 40.2 Å². The number of halogens is 1. The minimum Gasteiger partial charge on any atom is -0.465 e. The van der Waals surface area contributed by atoms with Crippen LogP contribution in [0.4, 0.5) is 5.69 Å². The fourth-order valence-electron chi connectivity index (χ4n) is 1.50. The summed E-state index contributed by atoms with van der Waals surface area (Å²) in [5.41, 5.74) is 0.732. The van der Waals surface area contributed by atoms with Gasteiger partial charge in [-0.25, -0.2) is 4.79 Å². The van der Waals surface area contributed by atoms with Crippen LogP contribution < -0.4 is 5.32 Å². The first-order valence-electron chi connectivity index (χ1n) is 5.34. The van der Waals surface area contributed by atoms with E-state index in [0.717, 1.165) is 4.47 Å². The second kappa shape index (κ2) is 5.99. The number of hydrogen-bond donors (Lipinski definition) is 1. The molecule has 98 valence electrons. The zero-order chi connectivity index (χ0) is 13.8. The number of nitrogens with one attached hydrogen (secondary N) is 1. The number of benzene rings is 1. The molecule has 6 heteroatoms. The van der Waals surface area contributed by atoms with E-state index in [2.05, 4.69) is 21.2 Å². The van der Waals surface area contributed by atoms with Gasteiger partial charge in [-0.15, -0.1) is 11.3 Å². The van der Waals surface area contributed by atoms with Crippen LogP contribution in [0.2, 0.25) is 0 Å². The van der Waals surface area contributed by atoms with Gasteiger partial charge in [0.2, 0.25) is 0 Å². The molecule has 0 bridgehead atoms. The molecule has 2 rings (SSSR count). The zero-order valence-electron chi connectivity index (χ0n) is 9.98. The normalized spacial score (nSPS) is 10.0. The fraction of sp³-hybridized carbons (Fsp3) is 0.0769. The Morgan fingerprint density at radius 1 is 1.32 bits per heavy atom. The van der Waals surface area contributed by atoms with E-state index in [-0.39, 0.29) is 5.91 Å². The highest BCUT2D eigenvalue weighted by Crippen LogP contribution is 2.23. The lowest BCUT2D eigenvalue weighted by atomic mass is 10.2. The molecule has 0 unspecified atom stereocenters. The second-order valence-electron chi connectivity index (χ2n) is 3.61. The van der Waals surface area contributed by atoms with E-state index in [0.29, 0.717) is 16.1 Å². The molecule has 1 aromatic carbocycles. The Hall–Kier alpha value is -1.66. The predicted octanol–water partition coefficient (Wildman–Crippen LogP) is 3.55. The van der Waals surface area contributed by atoms with Crippen molar-refractivity contribution >= 4 is 44.8 Å². The molecule has 0 aliphatic carbocycles. The third kappa shape index (κ3) is 3.21. The first kappa shape index (κ1) is 13.8. The molecule has 4 nitrogen and oxygen atoms in total. The molecule has 1 aromatic heterocycles. The number of carbonyl (C=O) groups excluding carboxylic acids is 2. The molecular weight excluding hydrogens is 330 g/mol. The van der Waals surface area contributed by atoms with Crippen molar-refractivity contribution in [2.75, 3.05) is 12.4 Å². The van der Waals surface area contributed by atoms with E-state index in [9.17, 15) is 9.59 Å².